The van der Waals surface area contributed by atoms with E-state index in [2.05, 4.69) is 4.74 Å². The molecule has 0 radical (unpaired) electrons. The van der Waals surface area contributed by atoms with Gasteiger partial charge in [0.1, 0.15) is 0 Å². The highest BCUT2D eigenvalue weighted by atomic mass is 35.5. The van der Waals surface area contributed by atoms with Gasteiger partial charge in [0.05, 0.1) is 19.6 Å². The van der Waals surface area contributed by atoms with Crippen LogP contribution in [-0.2, 0) is 19.1 Å². The minimum Gasteiger partial charge on any atom is -0.467 e. The van der Waals surface area contributed by atoms with E-state index in [0.29, 0.717) is 6.42 Å². The van der Waals surface area contributed by atoms with Crippen molar-refractivity contribution in [2.75, 3.05) is 19.6 Å². The van der Waals surface area contributed by atoms with Crippen LogP contribution in [0.2, 0.25) is 0 Å². The van der Waals surface area contributed by atoms with E-state index >= 15 is 0 Å². The van der Waals surface area contributed by atoms with Crippen LogP contribution in [0, 0.1) is 0 Å². The molecule has 88 valence electrons. The molecule has 0 spiro atoms. The van der Waals surface area contributed by atoms with Crippen LogP contribution < -0.4 is 5.73 Å². The highest BCUT2D eigenvalue weighted by molar-refractivity contribution is 6.24. The molecule has 0 amide bonds. The summed E-state index contributed by atoms with van der Waals surface area (Å²) < 4.78 is 9.20. The van der Waals surface area contributed by atoms with Gasteiger partial charge in [-0.1, -0.05) is 13.3 Å². The summed E-state index contributed by atoms with van der Waals surface area (Å²) in [6, 6.07) is 0. The summed E-state index contributed by atoms with van der Waals surface area (Å²) in [5.41, 5.74) is 3.60. The Hall–Kier alpha value is -0.810. The number of carbonyl (C=O) groups is 2. The summed E-state index contributed by atoms with van der Waals surface area (Å²) in [4.78, 5) is 22.6. The maximum Gasteiger partial charge on any atom is 0.339 e. The lowest BCUT2D eigenvalue weighted by atomic mass is 10.1. The minimum absolute atomic E-state index is 0.224. The molecule has 5 nitrogen and oxygen atoms in total. The molecule has 0 aliphatic heterocycles. The normalized spacial score (nSPS) is 14.1. The van der Waals surface area contributed by atoms with E-state index in [4.69, 9.17) is 22.1 Å². The molecular formula is C9H16ClNO4. The Kier molecular flexibility index (Phi) is 6.27. The predicted octanol–water partition coefficient (Wildman–Crippen LogP) is 0.439. The van der Waals surface area contributed by atoms with Crippen LogP contribution in [-0.4, -0.2) is 37.1 Å². The van der Waals surface area contributed by atoms with Gasteiger partial charge < -0.3 is 15.2 Å². The Labute approximate surface area is 93.9 Å². The van der Waals surface area contributed by atoms with Gasteiger partial charge in [-0.25, -0.2) is 9.59 Å². The Morgan fingerprint density at radius 2 is 2.00 bits per heavy atom. The van der Waals surface area contributed by atoms with Crippen molar-refractivity contribution in [3.63, 3.8) is 0 Å². The molecule has 15 heavy (non-hydrogen) atoms. The number of hydrogen-bond acceptors (Lipinski definition) is 5. The summed E-state index contributed by atoms with van der Waals surface area (Å²) in [6.07, 6.45) is 1.59. The Morgan fingerprint density at radius 1 is 1.40 bits per heavy atom. The van der Waals surface area contributed by atoms with Crippen LogP contribution in [0.1, 0.15) is 19.8 Å². The number of nitrogens with two attached hydrogens (primary N) is 1. The second-order valence-electron chi connectivity index (χ2n) is 3.09. The third-order valence-electron chi connectivity index (χ3n) is 1.86. The number of unbranched alkanes of at least 4 members (excludes halogenated alkanes) is 1. The fourth-order valence-electron chi connectivity index (χ4n) is 0.813. The lowest BCUT2D eigenvalue weighted by Crippen LogP contribution is -2.58. The number of hydrogen-bond donors (Lipinski definition) is 1. The lowest BCUT2D eigenvalue weighted by molar-refractivity contribution is -0.161. The van der Waals surface area contributed by atoms with Crippen molar-refractivity contribution in [2.45, 2.75) is 25.3 Å². The van der Waals surface area contributed by atoms with Crippen molar-refractivity contribution in [1.29, 1.82) is 0 Å². The van der Waals surface area contributed by atoms with Gasteiger partial charge in [0.25, 0.3) is 0 Å². The number of ether oxygens (including phenoxy) is 2. The van der Waals surface area contributed by atoms with E-state index in [1.807, 2.05) is 6.92 Å². The average molecular weight is 238 g/mol. The second kappa shape index (κ2) is 6.63. The van der Waals surface area contributed by atoms with Crippen molar-refractivity contribution >= 4 is 23.5 Å². The average Bonchev–Trinajstić information content (AvgIpc) is 2.26. The second-order valence-corrected chi connectivity index (χ2v) is 3.35. The molecule has 0 saturated carbocycles. The number of methoxy groups -OCH3 is 1. The molecule has 0 aromatic rings. The van der Waals surface area contributed by atoms with E-state index < -0.39 is 17.5 Å². The zero-order valence-corrected chi connectivity index (χ0v) is 9.67. The largest absolute Gasteiger partial charge is 0.467 e. The number of rotatable bonds is 6. The van der Waals surface area contributed by atoms with Crippen LogP contribution in [0.25, 0.3) is 0 Å². The summed E-state index contributed by atoms with van der Waals surface area (Å²) in [6.45, 7) is 2.17. The minimum atomic E-state index is -1.90. The van der Waals surface area contributed by atoms with Crippen LogP contribution in [0.4, 0.5) is 0 Å². The molecule has 1 atom stereocenters. The molecule has 2 N–H and O–H groups in total. The van der Waals surface area contributed by atoms with Gasteiger partial charge >= 0.3 is 11.9 Å². The summed E-state index contributed by atoms with van der Waals surface area (Å²) in [7, 11) is 1.13. The highest BCUT2D eigenvalue weighted by Crippen LogP contribution is 2.09. The lowest BCUT2D eigenvalue weighted by Gasteiger charge is -2.21. The van der Waals surface area contributed by atoms with E-state index in [1.54, 1.807) is 0 Å². The molecule has 0 heterocycles. The molecule has 0 aliphatic carbocycles. The molecular weight excluding hydrogens is 222 g/mol. The quantitative estimate of drug-likeness (QED) is 0.314. The molecule has 0 rings (SSSR count). The fourth-order valence-corrected chi connectivity index (χ4v) is 1.03. The monoisotopic (exact) mass is 237 g/mol. The molecule has 0 fully saturated rings. The molecule has 1 unspecified atom stereocenters. The van der Waals surface area contributed by atoms with Gasteiger partial charge in [-0.15, -0.1) is 11.6 Å². The smallest absolute Gasteiger partial charge is 0.339 e. The first-order valence-electron chi connectivity index (χ1n) is 4.63. The van der Waals surface area contributed by atoms with Gasteiger partial charge in [0.15, 0.2) is 0 Å². The van der Waals surface area contributed by atoms with E-state index in [0.717, 1.165) is 13.5 Å². The maximum atomic E-state index is 11.4. The summed E-state index contributed by atoms with van der Waals surface area (Å²) >= 11 is 5.46. The van der Waals surface area contributed by atoms with E-state index in [9.17, 15) is 9.59 Å². The van der Waals surface area contributed by atoms with Crippen molar-refractivity contribution in [3.05, 3.63) is 0 Å². The van der Waals surface area contributed by atoms with Crippen molar-refractivity contribution < 1.29 is 19.1 Å². The molecule has 0 aliphatic rings. The van der Waals surface area contributed by atoms with Gasteiger partial charge in [-0.05, 0) is 6.42 Å². The van der Waals surface area contributed by atoms with Crippen molar-refractivity contribution in [3.8, 4) is 0 Å². The summed E-state index contributed by atoms with van der Waals surface area (Å²) in [5, 5.41) is 0. The molecule has 0 bridgehead atoms. The van der Waals surface area contributed by atoms with Gasteiger partial charge in [0, 0.05) is 0 Å². The SMILES string of the molecule is CCCCOC(=O)C(N)(CCl)C(=O)OC. The van der Waals surface area contributed by atoms with Gasteiger partial charge in [-0.2, -0.15) is 0 Å². The number of alkyl halides is 1. The Balaban J connectivity index is 4.38. The van der Waals surface area contributed by atoms with Crippen LogP contribution in [0.15, 0.2) is 0 Å². The molecule has 0 saturated heterocycles. The number of esters is 2. The zero-order valence-electron chi connectivity index (χ0n) is 8.92. The Bertz CT molecular complexity index is 234. The van der Waals surface area contributed by atoms with Crippen molar-refractivity contribution in [2.24, 2.45) is 5.73 Å². The van der Waals surface area contributed by atoms with Crippen LogP contribution in [0.5, 0.6) is 0 Å². The number of halogens is 1. The first-order valence-corrected chi connectivity index (χ1v) is 5.16. The zero-order chi connectivity index (χ0) is 11.9. The standard InChI is InChI=1S/C9H16ClNO4/c1-3-4-5-15-8(13)9(11,6-10)7(12)14-2/h3-6,11H2,1-2H3. The summed E-state index contributed by atoms with van der Waals surface area (Å²) in [5.74, 6) is -2.11. The topological polar surface area (TPSA) is 78.6 Å². The first-order chi connectivity index (χ1) is 7.02. The van der Waals surface area contributed by atoms with E-state index in [1.165, 1.54) is 0 Å². The molecule has 0 aromatic carbocycles. The maximum absolute atomic E-state index is 11.4. The predicted molar refractivity (Wildman–Crippen MR) is 55.5 cm³/mol. The molecule has 0 aromatic heterocycles. The Morgan fingerprint density at radius 3 is 2.40 bits per heavy atom. The van der Waals surface area contributed by atoms with Crippen LogP contribution in [0.3, 0.4) is 0 Å². The third kappa shape index (κ3) is 3.68. The van der Waals surface area contributed by atoms with Gasteiger partial charge in [-0.3, -0.25) is 0 Å². The fraction of sp³-hybridized carbons (Fsp3) is 0.778. The van der Waals surface area contributed by atoms with Gasteiger partial charge in [0.2, 0.25) is 5.54 Å². The third-order valence-corrected chi connectivity index (χ3v) is 2.28. The van der Waals surface area contributed by atoms with Crippen molar-refractivity contribution in [1.82, 2.24) is 0 Å². The molecule has 6 heteroatoms. The number of carbonyl (C=O) groups excluding carboxylic acids is 2. The van der Waals surface area contributed by atoms with E-state index in [-0.39, 0.29) is 12.5 Å². The highest BCUT2D eigenvalue weighted by Gasteiger charge is 2.44. The first kappa shape index (κ1) is 14.2. The van der Waals surface area contributed by atoms with Crippen LogP contribution >= 0.6 is 11.6 Å².